The zero-order valence-corrected chi connectivity index (χ0v) is 24.0. The number of benzene rings is 3. The van der Waals surface area contributed by atoms with Crippen LogP contribution in [0.15, 0.2) is 66.7 Å². The number of hydrogen-bond acceptors (Lipinski definition) is 4. The van der Waals surface area contributed by atoms with Gasteiger partial charge in [-0.1, -0.05) is 48.0 Å². The smallest absolute Gasteiger partial charge is 0.258 e. The van der Waals surface area contributed by atoms with Crippen molar-refractivity contribution in [3.63, 3.8) is 0 Å². The predicted molar refractivity (Wildman–Crippen MR) is 159 cm³/mol. The largest absolute Gasteiger partial charge is 0.340 e. The molecule has 1 fully saturated rings. The lowest BCUT2D eigenvalue weighted by Gasteiger charge is -2.33. The molecule has 5 rings (SSSR count). The minimum atomic E-state index is -0.118. The third-order valence-corrected chi connectivity index (χ3v) is 8.48. The van der Waals surface area contributed by atoms with Crippen LogP contribution in [0, 0.1) is 6.92 Å². The summed E-state index contributed by atoms with van der Waals surface area (Å²) in [7, 11) is 2.08. The SMILES string of the molecule is Cc1ccccc1CC(=O)c1ccc(C(=O)N2CCCC(CC(=O)N3CCN(C)CC3)c3cc(Cl)ccc32)cc1. The Labute approximate surface area is 241 Å². The first-order valence-electron chi connectivity index (χ1n) is 14.1. The van der Waals surface area contributed by atoms with Gasteiger partial charge in [0.25, 0.3) is 5.91 Å². The van der Waals surface area contributed by atoms with Crippen molar-refractivity contribution in [2.45, 2.75) is 38.5 Å². The van der Waals surface area contributed by atoms with Gasteiger partial charge in [-0.15, -0.1) is 0 Å². The molecule has 0 radical (unpaired) electrons. The van der Waals surface area contributed by atoms with Crippen LogP contribution in [0.2, 0.25) is 5.02 Å². The first-order chi connectivity index (χ1) is 19.3. The van der Waals surface area contributed by atoms with Crippen molar-refractivity contribution < 1.29 is 14.4 Å². The summed E-state index contributed by atoms with van der Waals surface area (Å²) in [6.07, 6.45) is 2.33. The van der Waals surface area contributed by atoms with Crippen molar-refractivity contribution in [1.29, 1.82) is 0 Å². The number of piperazine rings is 1. The number of carbonyl (C=O) groups is 3. The van der Waals surface area contributed by atoms with Gasteiger partial charge in [-0.05, 0) is 79.8 Å². The molecule has 2 amide bonds. The third kappa shape index (κ3) is 6.29. The Morgan fingerprint density at radius 2 is 1.57 bits per heavy atom. The lowest BCUT2D eigenvalue weighted by molar-refractivity contribution is -0.133. The van der Waals surface area contributed by atoms with Crippen LogP contribution in [0.5, 0.6) is 0 Å². The lowest BCUT2D eigenvalue weighted by atomic mass is 9.90. The highest BCUT2D eigenvalue weighted by molar-refractivity contribution is 6.30. The van der Waals surface area contributed by atoms with E-state index in [4.69, 9.17) is 11.6 Å². The fourth-order valence-electron chi connectivity index (χ4n) is 5.73. The molecule has 0 aliphatic carbocycles. The standard InChI is InChI=1S/C33H36ClN3O3/c1-23-6-3-4-7-26(23)20-31(38)24-9-11-25(12-10-24)33(40)37-15-5-8-27(29-22-28(34)13-14-30(29)37)21-32(39)36-18-16-35(2)17-19-36/h3-4,6-7,9-14,22,27H,5,8,15-21H2,1-2H3. The molecule has 0 aromatic heterocycles. The van der Waals surface area contributed by atoms with Crippen LogP contribution in [0.3, 0.4) is 0 Å². The molecule has 2 aliphatic heterocycles. The van der Waals surface area contributed by atoms with E-state index in [0.29, 0.717) is 35.5 Å². The van der Waals surface area contributed by atoms with Gasteiger partial charge in [0.05, 0.1) is 0 Å². The second kappa shape index (κ2) is 12.4. The molecule has 1 atom stereocenters. The van der Waals surface area contributed by atoms with Crippen molar-refractivity contribution in [2.24, 2.45) is 0 Å². The maximum Gasteiger partial charge on any atom is 0.258 e. The number of amides is 2. The van der Waals surface area contributed by atoms with E-state index in [0.717, 1.165) is 61.4 Å². The van der Waals surface area contributed by atoms with Crippen LogP contribution in [-0.2, 0) is 11.2 Å². The average molecular weight is 558 g/mol. The zero-order chi connectivity index (χ0) is 28.2. The molecule has 1 saturated heterocycles. The molecule has 3 aromatic rings. The van der Waals surface area contributed by atoms with Crippen molar-refractivity contribution in [1.82, 2.24) is 9.80 Å². The predicted octanol–water partition coefficient (Wildman–Crippen LogP) is 5.76. The van der Waals surface area contributed by atoms with Crippen LogP contribution in [0.1, 0.15) is 62.6 Å². The highest BCUT2D eigenvalue weighted by Gasteiger charge is 2.30. The third-order valence-electron chi connectivity index (χ3n) is 8.24. The molecule has 1 unspecified atom stereocenters. The first-order valence-corrected chi connectivity index (χ1v) is 14.4. The number of rotatable bonds is 6. The van der Waals surface area contributed by atoms with Crippen molar-refractivity contribution >= 4 is 34.9 Å². The Morgan fingerprint density at radius 3 is 2.30 bits per heavy atom. The molecule has 0 saturated carbocycles. The number of aryl methyl sites for hydroxylation is 1. The number of carbonyl (C=O) groups excluding carboxylic acids is 3. The van der Waals surface area contributed by atoms with Crippen LogP contribution in [0.25, 0.3) is 0 Å². The van der Waals surface area contributed by atoms with E-state index in [1.54, 1.807) is 35.2 Å². The molecule has 0 bridgehead atoms. The number of anilines is 1. The normalized spacial score (nSPS) is 17.7. The fraction of sp³-hybridized carbons (Fsp3) is 0.364. The fourth-order valence-corrected chi connectivity index (χ4v) is 5.91. The van der Waals surface area contributed by atoms with E-state index in [2.05, 4.69) is 11.9 Å². The summed E-state index contributed by atoms with van der Waals surface area (Å²) in [5.74, 6) is 0.0679. The highest BCUT2D eigenvalue weighted by Crippen LogP contribution is 2.39. The minimum absolute atomic E-state index is 0.0000897. The molecular weight excluding hydrogens is 522 g/mol. The van der Waals surface area contributed by atoms with Crippen LogP contribution < -0.4 is 4.90 Å². The maximum absolute atomic E-state index is 13.8. The number of hydrogen-bond donors (Lipinski definition) is 0. The lowest BCUT2D eigenvalue weighted by Crippen LogP contribution is -2.47. The van der Waals surface area contributed by atoms with Crippen LogP contribution >= 0.6 is 11.6 Å². The molecule has 2 aliphatic rings. The molecule has 40 heavy (non-hydrogen) atoms. The number of halogens is 1. The van der Waals surface area contributed by atoms with Crippen LogP contribution in [-0.4, -0.2) is 67.2 Å². The summed E-state index contributed by atoms with van der Waals surface area (Å²) >= 11 is 6.42. The number of ketones is 1. The van der Waals surface area contributed by atoms with Gasteiger partial charge in [-0.2, -0.15) is 0 Å². The van der Waals surface area contributed by atoms with E-state index >= 15 is 0 Å². The van der Waals surface area contributed by atoms with Crippen molar-refractivity contribution in [3.8, 4) is 0 Å². The Bertz CT molecular complexity index is 1400. The molecule has 7 heteroatoms. The second-order valence-corrected chi connectivity index (χ2v) is 11.4. The summed E-state index contributed by atoms with van der Waals surface area (Å²) in [6.45, 7) is 5.83. The van der Waals surface area contributed by atoms with E-state index in [9.17, 15) is 14.4 Å². The monoisotopic (exact) mass is 557 g/mol. The van der Waals surface area contributed by atoms with Gasteiger partial charge < -0.3 is 14.7 Å². The quantitative estimate of drug-likeness (QED) is 0.361. The van der Waals surface area contributed by atoms with Crippen molar-refractivity contribution in [3.05, 3.63) is 99.6 Å². The van der Waals surface area contributed by atoms with E-state index in [1.807, 2.05) is 48.2 Å². The molecule has 208 valence electrons. The van der Waals surface area contributed by atoms with Gasteiger partial charge >= 0.3 is 0 Å². The molecule has 0 N–H and O–H groups in total. The summed E-state index contributed by atoms with van der Waals surface area (Å²) in [6, 6.07) is 20.5. The zero-order valence-electron chi connectivity index (χ0n) is 23.2. The second-order valence-electron chi connectivity index (χ2n) is 11.0. The summed E-state index contributed by atoms with van der Waals surface area (Å²) < 4.78 is 0. The van der Waals surface area contributed by atoms with Crippen LogP contribution in [0.4, 0.5) is 5.69 Å². The maximum atomic E-state index is 13.8. The minimum Gasteiger partial charge on any atom is -0.340 e. The van der Waals surface area contributed by atoms with E-state index < -0.39 is 0 Å². The molecular formula is C33H36ClN3O3. The van der Waals surface area contributed by atoms with E-state index in [-0.39, 0.29) is 23.5 Å². The Balaban J connectivity index is 1.33. The van der Waals surface area contributed by atoms with Gasteiger partial charge in [0, 0.05) is 67.4 Å². The average Bonchev–Trinajstić information content (AvgIpc) is 3.13. The topological polar surface area (TPSA) is 60.9 Å². The van der Waals surface area contributed by atoms with Gasteiger partial charge in [-0.3, -0.25) is 14.4 Å². The van der Waals surface area contributed by atoms with Gasteiger partial charge in [0.2, 0.25) is 5.91 Å². The highest BCUT2D eigenvalue weighted by atomic mass is 35.5. The molecule has 3 aromatic carbocycles. The van der Waals surface area contributed by atoms with E-state index in [1.165, 1.54) is 0 Å². The summed E-state index contributed by atoms with van der Waals surface area (Å²) in [4.78, 5) is 45.9. The van der Waals surface area contributed by atoms with Gasteiger partial charge in [-0.25, -0.2) is 0 Å². The number of fused-ring (bicyclic) bond motifs is 1. The number of nitrogens with zero attached hydrogens (tertiary/aromatic N) is 3. The number of likely N-dealkylation sites (N-methyl/N-ethyl adjacent to an activating group) is 1. The first kappa shape index (κ1) is 28.1. The van der Waals surface area contributed by atoms with Gasteiger partial charge in [0.15, 0.2) is 5.78 Å². The molecule has 6 nitrogen and oxygen atoms in total. The van der Waals surface area contributed by atoms with Crippen molar-refractivity contribution in [2.75, 3.05) is 44.7 Å². The molecule has 0 spiro atoms. The Hall–Kier alpha value is -3.48. The summed E-state index contributed by atoms with van der Waals surface area (Å²) in [5.41, 5.74) is 4.97. The Morgan fingerprint density at radius 1 is 0.875 bits per heavy atom. The Kier molecular flexibility index (Phi) is 8.67. The number of Topliss-reactive ketones (excluding diaryl/α,β-unsaturated/α-hetero) is 1. The summed E-state index contributed by atoms with van der Waals surface area (Å²) in [5, 5.41) is 0.599. The molecule has 2 heterocycles. The van der Waals surface area contributed by atoms with Gasteiger partial charge in [0.1, 0.15) is 0 Å².